The van der Waals surface area contributed by atoms with Crippen molar-refractivity contribution in [3.05, 3.63) is 83.5 Å². The zero-order valence-electron chi connectivity index (χ0n) is 16.6. The highest BCUT2D eigenvalue weighted by Gasteiger charge is 2.24. The lowest BCUT2D eigenvalue weighted by Crippen LogP contribution is -2.49. The molecular weight excluding hydrogens is 436 g/mol. The van der Waals surface area contributed by atoms with Crippen molar-refractivity contribution in [1.29, 1.82) is 0 Å². The summed E-state index contributed by atoms with van der Waals surface area (Å²) in [6.07, 6.45) is 1.70. The topological polar surface area (TPSA) is 82.6 Å². The van der Waals surface area contributed by atoms with Crippen LogP contribution in [0.2, 0.25) is 5.02 Å². The number of anilines is 2. The number of pyridine rings is 1. The molecule has 1 aliphatic rings. The van der Waals surface area contributed by atoms with Gasteiger partial charge in [0.15, 0.2) is 0 Å². The van der Waals surface area contributed by atoms with Gasteiger partial charge in [0.05, 0.1) is 9.92 Å². The summed E-state index contributed by atoms with van der Waals surface area (Å²) in [6.45, 7) is 2.27. The van der Waals surface area contributed by atoms with Crippen molar-refractivity contribution >= 4 is 39.0 Å². The number of hydrogen-bond acceptors (Lipinski definition) is 5. The molecule has 2 heterocycles. The van der Waals surface area contributed by atoms with Crippen molar-refractivity contribution < 1.29 is 13.2 Å². The van der Waals surface area contributed by atoms with Gasteiger partial charge in [-0.15, -0.1) is 0 Å². The molecule has 1 aromatic heterocycles. The maximum atomic E-state index is 13.0. The smallest absolute Gasteiger partial charge is 0.261 e. The van der Waals surface area contributed by atoms with Gasteiger partial charge in [-0.2, -0.15) is 0 Å². The highest BCUT2D eigenvalue weighted by Crippen LogP contribution is 2.24. The van der Waals surface area contributed by atoms with E-state index in [0.29, 0.717) is 48.3 Å². The first kappa shape index (κ1) is 21.1. The van der Waals surface area contributed by atoms with Crippen LogP contribution in [0.5, 0.6) is 0 Å². The standard InChI is InChI=1S/C22H21ClN4O3S/c23-20-10-5-11-24-21(20)26-12-14-27(15-13-26)22(28)17-6-4-7-18(16-17)25-31(29,30)19-8-2-1-3-9-19/h1-11,16,25H,12-15H2. The Hall–Kier alpha value is -3.10. The van der Waals surface area contributed by atoms with E-state index in [1.54, 1.807) is 65.7 Å². The first-order chi connectivity index (χ1) is 14.9. The maximum absolute atomic E-state index is 13.0. The van der Waals surface area contributed by atoms with Crippen LogP contribution in [0, 0.1) is 0 Å². The number of amides is 1. The minimum Gasteiger partial charge on any atom is -0.352 e. The van der Waals surface area contributed by atoms with Crippen LogP contribution in [0.25, 0.3) is 0 Å². The Balaban J connectivity index is 1.44. The third kappa shape index (κ3) is 4.81. The number of sulfonamides is 1. The van der Waals surface area contributed by atoms with Gasteiger partial charge < -0.3 is 9.80 Å². The number of nitrogens with one attached hydrogen (secondary N) is 1. The summed E-state index contributed by atoms with van der Waals surface area (Å²) in [5, 5.41) is 0.584. The highest BCUT2D eigenvalue weighted by atomic mass is 35.5. The van der Waals surface area contributed by atoms with Gasteiger partial charge >= 0.3 is 0 Å². The van der Waals surface area contributed by atoms with E-state index in [0.717, 1.165) is 0 Å². The summed E-state index contributed by atoms with van der Waals surface area (Å²) in [5.41, 5.74) is 0.770. The molecule has 0 unspecified atom stereocenters. The molecule has 9 heteroatoms. The lowest BCUT2D eigenvalue weighted by molar-refractivity contribution is 0.0746. The highest BCUT2D eigenvalue weighted by molar-refractivity contribution is 7.92. The molecule has 0 spiro atoms. The quantitative estimate of drug-likeness (QED) is 0.635. The van der Waals surface area contributed by atoms with Crippen LogP contribution in [0.4, 0.5) is 11.5 Å². The molecular formula is C22H21ClN4O3S. The Kier molecular flexibility index (Phi) is 6.11. The van der Waals surface area contributed by atoms with E-state index in [1.807, 2.05) is 0 Å². The molecule has 1 saturated heterocycles. The van der Waals surface area contributed by atoms with Crippen LogP contribution in [0.1, 0.15) is 10.4 Å². The van der Waals surface area contributed by atoms with Crippen molar-refractivity contribution in [3.63, 3.8) is 0 Å². The summed E-state index contributed by atoms with van der Waals surface area (Å²) >= 11 is 6.23. The van der Waals surface area contributed by atoms with Crippen LogP contribution < -0.4 is 9.62 Å². The average molecular weight is 457 g/mol. The summed E-state index contributed by atoms with van der Waals surface area (Å²) in [7, 11) is -3.72. The summed E-state index contributed by atoms with van der Waals surface area (Å²) in [6, 6.07) is 18.2. The Morgan fingerprint density at radius 2 is 1.68 bits per heavy atom. The molecule has 0 bridgehead atoms. The van der Waals surface area contributed by atoms with Crippen molar-refractivity contribution in [2.75, 3.05) is 35.8 Å². The maximum Gasteiger partial charge on any atom is 0.261 e. The van der Waals surface area contributed by atoms with Gasteiger partial charge in [-0.05, 0) is 42.5 Å². The monoisotopic (exact) mass is 456 g/mol. The Labute approximate surface area is 186 Å². The Morgan fingerprint density at radius 1 is 0.935 bits per heavy atom. The minimum atomic E-state index is -3.72. The van der Waals surface area contributed by atoms with Crippen molar-refractivity contribution in [2.24, 2.45) is 0 Å². The second-order valence-electron chi connectivity index (χ2n) is 7.09. The molecule has 2 aromatic carbocycles. The lowest BCUT2D eigenvalue weighted by atomic mass is 10.1. The third-order valence-electron chi connectivity index (χ3n) is 5.02. The Morgan fingerprint density at radius 3 is 2.39 bits per heavy atom. The molecule has 1 amide bonds. The van der Waals surface area contributed by atoms with Crippen LogP contribution in [-0.4, -0.2) is 50.4 Å². The summed E-state index contributed by atoms with van der Waals surface area (Å²) < 4.78 is 27.6. The van der Waals surface area contributed by atoms with Gasteiger partial charge in [-0.1, -0.05) is 35.9 Å². The largest absolute Gasteiger partial charge is 0.352 e. The van der Waals surface area contributed by atoms with E-state index < -0.39 is 10.0 Å². The van der Waals surface area contributed by atoms with E-state index in [9.17, 15) is 13.2 Å². The Bertz CT molecular complexity index is 1180. The van der Waals surface area contributed by atoms with E-state index in [-0.39, 0.29) is 10.8 Å². The average Bonchev–Trinajstić information content (AvgIpc) is 2.79. The molecule has 1 N–H and O–H groups in total. The molecule has 0 aliphatic carbocycles. The van der Waals surface area contributed by atoms with Gasteiger partial charge in [0, 0.05) is 43.6 Å². The van der Waals surface area contributed by atoms with Crippen LogP contribution in [0.15, 0.2) is 77.8 Å². The van der Waals surface area contributed by atoms with E-state index in [2.05, 4.69) is 14.6 Å². The number of carbonyl (C=O) groups excluding carboxylic acids is 1. The predicted molar refractivity (Wildman–Crippen MR) is 121 cm³/mol. The number of hydrogen-bond donors (Lipinski definition) is 1. The molecule has 0 saturated carbocycles. The van der Waals surface area contributed by atoms with Crippen molar-refractivity contribution in [2.45, 2.75) is 4.90 Å². The first-order valence-corrected chi connectivity index (χ1v) is 11.6. The molecule has 4 rings (SSSR count). The number of aromatic nitrogens is 1. The zero-order chi connectivity index (χ0) is 21.8. The van der Waals surface area contributed by atoms with Crippen LogP contribution >= 0.6 is 11.6 Å². The number of nitrogens with zero attached hydrogens (tertiary/aromatic N) is 3. The SMILES string of the molecule is O=C(c1cccc(NS(=O)(=O)c2ccccc2)c1)N1CCN(c2ncccc2Cl)CC1. The zero-order valence-corrected chi connectivity index (χ0v) is 18.2. The molecule has 0 atom stereocenters. The number of rotatable bonds is 5. The molecule has 7 nitrogen and oxygen atoms in total. The fourth-order valence-electron chi connectivity index (χ4n) is 3.44. The molecule has 3 aromatic rings. The molecule has 31 heavy (non-hydrogen) atoms. The fraction of sp³-hybridized carbons (Fsp3) is 0.182. The lowest BCUT2D eigenvalue weighted by Gasteiger charge is -2.35. The number of carbonyl (C=O) groups is 1. The van der Waals surface area contributed by atoms with E-state index >= 15 is 0 Å². The fourth-order valence-corrected chi connectivity index (χ4v) is 4.76. The molecule has 1 aliphatic heterocycles. The summed E-state index contributed by atoms with van der Waals surface area (Å²) in [5.74, 6) is 0.570. The second-order valence-corrected chi connectivity index (χ2v) is 9.18. The predicted octanol–water partition coefficient (Wildman–Crippen LogP) is 3.50. The molecule has 1 fully saturated rings. The summed E-state index contributed by atoms with van der Waals surface area (Å²) in [4.78, 5) is 21.3. The number of piperazine rings is 1. The minimum absolute atomic E-state index is 0.146. The molecule has 160 valence electrons. The molecule has 0 radical (unpaired) electrons. The van der Waals surface area contributed by atoms with Crippen LogP contribution in [-0.2, 0) is 10.0 Å². The van der Waals surface area contributed by atoms with Gasteiger partial charge in [0.2, 0.25) is 0 Å². The van der Waals surface area contributed by atoms with Crippen molar-refractivity contribution in [1.82, 2.24) is 9.88 Å². The van der Waals surface area contributed by atoms with Gasteiger partial charge in [0.25, 0.3) is 15.9 Å². The number of halogens is 1. The van der Waals surface area contributed by atoms with Gasteiger partial charge in [-0.3, -0.25) is 9.52 Å². The van der Waals surface area contributed by atoms with Crippen molar-refractivity contribution in [3.8, 4) is 0 Å². The van der Waals surface area contributed by atoms with Crippen LogP contribution in [0.3, 0.4) is 0 Å². The second kappa shape index (κ2) is 8.95. The van der Waals surface area contributed by atoms with Gasteiger partial charge in [-0.25, -0.2) is 13.4 Å². The van der Waals surface area contributed by atoms with E-state index in [1.165, 1.54) is 12.1 Å². The third-order valence-corrected chi connectivity index (χ3v) is 6.71. The van der Waals surface area contributed by atoms with Gasteiger partial charge in [0.1, 0.15) is 5.82 Å². The van der Waals surface area contributed by atoms with E-state index in [4.69, 9.17) is 11.6 Å². The first-order valence-electron chi connectivity index (χ1n) is 9.77. The number of benzene rings is 2. The normalized spacial score (nSPS) is 14.4.